The van der Waals surface area contributed by atoms with Crippen LogP contribution in [-0.2, 0) is 14.6 Å². The first-order chi connectivity index (χ1) is 14.8. The summed E-state index contributed by atoms with van der Waals surface area (Å²) in [6.07, 6.45) is 12.1. The quantitative estimate of drug-likeness (QED) is 0.686. The fraction of sp³-hybridized carbons (Fsp3) is 0.783. The molecule has 31 heavy (non-hydrogen) atoms. The van der Waals surface area contributed by atoms with Crippen molar-refractivity contribution in [2.24, 2.45) is 11.8 Å². The van der Waals surface area contributed by atoms with Crippen LogP contribution >= 0.6 is 0 Å². The number of carbonyl (C=O) groups is 1. The van der Waals surface area contributed by atoms with Crippen LogP contribution in [0.4, 0.5) is 5.95 Å². The number of sulfone groups is 1. The lowest BCUT2D eigenvalue weighted by Crippen LogP contribution is -2.39. The minimum Gasteiger partial charge on any atom is -0.343 e. The number of carbonyl (C=O) groups excluding carboxylic acids is 1. The molecule has 2 aliphatic heterocycles. The lowest BCUT2D eigenvalue weighted by atomic mass is 9.92. The molecular weight excluding hydrogens is 412 g/mol. The van der Waals surface area contributed by atoms with Gasteiger partial charge in [-0.25, -0.2) is 18.4 Å². The lowest BCUT2D eigenvalue weighted by molar-refractivity contribution is -0.133. The van der Waals surface area contributed by atoms with Crippen molar-refractivity contribution in [2.75, 3.05) is 37.3 Å². The molecular formula is C23H36N4O3S. The molecule has 1 aromatic heterocycles. The number of hydrogen-bond acceptors (Lipinski definition) is 6. The predicted octanol–water partition coefficient (Wildman–Crippen LogP) is 3.40. The molecule has 172 valence electrons. The highest BCUT2D eigenvalue weighted by molar-refractivity contribution is 7.90. The maximum Gasteiger partial charge on any atom is 0.225 e. The summed E-state index contributed by atoms with van der Waals surface area (Å²) in [7, 11) is -3.41. The summed E-state index contributed by atoms with van der Waals surface area (Å²) >= 11 is 0. The number of likely N-dealkylation sites (tertiary alicyclic amines) is 1. The smallest absolute Gasteiger partial charge is 0.225 e. The van der Waals surface area contributed by atoms with Crippen LogP contribution in [0.3, 0.4) is 0 Å². The first kappa shape index (κ1) is 22.5. The Hall–Kier alpha value is -1.70. The highest BCUT2D eigenvalue weighted by Crippen LogP contribution is 2.34. The Kier molecular flexibility index (Phi) is 6.84. The molecule has 1 aromatic rings. The maximum absolute atomic E-state index is 12.7. The summed E-state index contributed by atoms with van der Waals surface area (Å²) in [4.78, 5) is 26.4. The van der Waals surface area contributed by atoms with Gasteiger partial charge in [-0.3, -0.25) is 4.79 Å². The molecule has 2 saturated heterocycles. The Bertz CT molecular complexity index is 890. The van der Waals surface area contributed by atoms with Gasteiger partial charge in [0.25, 0.3) is 0 Å². The van der Waals surface area contributed by atoms with Gasteiger partial charge in [-0.2, -0.15) is 0 Å². The molecule has 0 aromatic carbocycles. The standard InChI is InChI=1S/C23H36N4O3S/c1-17-6-5-11-27(16-17)23-24-15-20(31(2,29)30)22(25-23)19-9-12-26(13-10-19)21(28)14-18-7-3-4-8-18/h15,17-19H,3-14,16H2,1-2H3. The first-order valence-corrected chi connectivity index (χ1v) is 13.8. The molecule has 3 fully saturated rings. The largest absolute Gasteiger partial charge is 0.343 e. The number of anilines is 1. The second kappa shape index (κ2) is 9.43. The van der Waals surface area contributed by atoms with Crippen LogP contribution in [0.25, 0.3) is 0 Å². The van der Waals surface area contributed by atoms with Crippen LogP contribution < -0.4 is 4.90 Å². The third-order valence-electron chi connectivity index (χ3n) is 7.28. The number of piperidine rings is 2. The molecule has 0 radical (unpaired) electrons. The highest BCUT2D eigenvalue weighted by atomic mass is 32.2. The Labute approximate surface area is 186 Å². The second-order valence-corrected chi connectivity index (χ2v) is 11.9. The molecule has 7 nitrogen and oxygen atoms in total. The molecule has 1 amide bonds. The zero-order valence-electron chi connectivity index (χ0n) is 18.9. The molecule has 4 rings (SSSR count). The van der Waals surface area contributed by atoms with Crippen LogP contribution in [0.5, 0.6) is 0 Å². The topological polar surface area (TPSA) is 83.5 Å². The average Bonchev–Trinajstić information content (AvgIpc) is 3.26. The molecule has 0 N–H and O–H groups in total. The van der Waals surface area contributed by atoms with Crippen molar-refractivity contribution in [1.82, 2.24) is 14.9 Å². The summed E-state index contributed by atoms with van der Waals surface area (Å²) in [5.74, 6) is 2.10. The van der Waals surface area contributed by atoms with E-state index in [1.165, 1.54) is 44.6 Å². The summed E-state index contributed by atoms with van der Waals surface area (Å²) in [5.41, 5.74) is 0.647. The van der Waals surface area contributed by atoms with Gasteiger partial charge in [-0.05, 0) is 50.4 Å². The van der Waals surface area contributed by atoms with Gasteiger partial charge in [0.1, 0.15) is 4.90 Å². The van der Waals surface area contributed by atoms with Crippen molar-refractivity contribution in [3.05, 3.63) is 11.9 Å². The summed E-state index contributed by atoms with van der Waals surface area (Å²) in [6.45, 7) is 5.41. The second-order valence-electron chi connectivity index (χ2n) is 9.89. The van der Waals surface area contributed by atoms with E-state index in [2.05, 4.69) is 16.8 Å². The van der Waals surface area contributed by atoms with Crippen molar-refractivity contribution in [1.29, 1.82) is 0 Å². The molecule has 0 bridgehead atoms. The van der Waals surface area contributed by atoms with Gasteiger partial charge >= 0.3 is 0 Å². The SMILES string of the molecule is CC1CCCN(c2ncc(S(C)(=O)=O)c(C3CCN(C(=O)CC4CCCC4)CC3)n2)C1. The van der Waals surface area contributed by atoms with Crippen LogP contribution in [0, 0.1) is 11.8 Å². The third-order valence-corrected chi connectivity index (χ3v) is 8.40. The normalized spacial score (nSPS) is 24.0. The Morgan fingerprint density at radius 2 is 1.77 bits per heavy atom. The van der Waals surface area contributed by atoms with Crippen molar-refractivity contribution in [3.8, 4) is 0 Å². The van der Waals surface area contributed by atoms with E-state index in [4.69, 9.17) is 4.98 Å². The van der Waals surface area contributed by atoms with E-state index in [-0.39, 0.29) is 16.7 Å². The summed E-state index contributed by atoms with van der Waals surface area (Å²) in [5, 5.41) is 0. The molecule has 1 unspecified atom stereocenters. The van der Waals surface area contributed by atoms with Gasteiger partial charge in [-0.1, -0.05) is 19.8 Å². The first-order valence-electron chi connectivity index (χ1n) is 11.9. The highest BCUT2D eigenvalue weighted by Gasteiger charge is 2.31. The number of rotatable bonds is 5. The van der Waals surface area contributed by atoms with E-state index in [0.717, 1.165) is 32.4 Å². The Morgan fingerprint density at radius 1 is 1.06 bits per heavy atom. The fourth-order valence-electron chi connectivity index (χ4n) is 5.47. The minimum atomic E-state index is -3.41. The van der Waals surface area contributed by atoms with Gasteiger partial charge < -0.3 is 9.80 Å². The van der Waals surface area contributed by atoms with E-state index >= 15 is 0 Å². The lowest BCUT2D eigenvalue weighted by Gasteiger charge is -2.34. The van der Waals surface area contributed by atoms with Gasteiger partial charge in [-0.15, -0.1) is 0 Å². The predicted molar refractivity (Wildman–Crippen MR) is 121 cm³/mol. The molecule has 0 spiro atoms. The average molecular weight is 449 g/mol. The molecule has 3 heterocycles. The van der Waals surface area contributed by atoms with Crippen molar-refractivity contribution in [2.45, 2.75) is 75.5 Å². The number of hydrogen-bond donors (Lipinski definition) is 0. The van der Waals surface area contributed by atoms with Crippen molar-refractivity contribution in [3.63, 3.8) is 0 Å². The zero-order chi connectivity index (χ0) is 22.0. The van der Waals surface area contributed by atoms with Crippen LogP contribution in [-0.4, -0.2) is 61.6 Å². The maximum atomic E-state index is 12.7. The third kappa shape index (κ3) is 5.38. The molecule has 1 atom stereocenters. The number of amides is 1. The van der Waals surface area contributed by atoms with Gasteiger partial charge in [0.05, 0.1) is 11.9 Å². The van der Waals surface area contributed by atoms with Crippen molar-refractivity contribution >= 4 is 21.7 Å². The zero-order valence-corrected chi connectivity index (χ0v) is 19.7. The Balaban J connectivity index is 1.48. The number of nitrogens with zero attached hydrogens (tertiary/aromatic N) is 4. The summed E-state index contributed by atoms with van der Waals surface area (Å²) in [6, 6.07) is 0. The molecule has 3 aliphatic rings. The van der Waals surface area contributed by atoms with Gasteiger partial charge in [0.2, 0.25) is 11.9 Å². The summed E-state index contributed by atoms with van der Waals surface area (Å²) < 4.78 is 24.9. The molecule has 1 aliphatic carbocycles. The van der Waals surface area contributed by atoms with Crippen molar-refractivity contribution < 1.29 is 13.2 Å². The van der Waals surface area contributed by atoms with Crippen LogP contribution in [0.2, 0.25) is 0 Å². The molecule has 8 heteroatoms. The number of aromatic nitrogens is 2. The molecule has 1 saturated carbocycles. The monoisotopic (exact) mass is 448 g/mol. The van der Waals surface area contributed by atoms with Crippen LogP contribution in [0.15, 0.2) is 11.1 Å². The fourth-order valence-corrected chi connectivity index (χ4v) is 6.31. The van der Waals surface area contributed by atoms with E-state index in [0.29, 0.717) is 43.0 Å². The van der Waals surface area contributed by atoms with Gasteiger partial charge in [0, 0.05) is 44.8 Å². The van der Waals surface area contributed by atoms with E-state index in [1.807, 2.05) is 4.90 Å². The Morgan fingerprint density at radius 3 is 2.42 bits per heavy atom. The van der Waals surface area contributed by atoms with Crippen LogP contribution in [0.1, 0.15) is 76.3 Å². The minimum absolute atomic E-state index is 0.0456. The van der Waals surface area contributed by atoms with E-state index in [9.17, 15) is 13.2 Å². The van der Waals surface area contributed by atoms with E-state index in [1.54, 1.807) is 0 Å². The van der Waals surface area contributed by atoms with Gasteiger partial charge in [0.15, 0.2) is 9.84 Å². The van der Waals surface area contributed by atoms with E-state index < -0.39 is 9.84 Å².